The van der Waals surface area contributed by atoms with Crippen LogP contribution in [0, 0.1) is 5.82 Å². The number of hydrogen-bond donors (Lipinski definition) is 1. The predicted molar refractivity (Wildman–Crippen MR) is 94.8 cm³/mol. The Balaban J connectivity index is 1.75. The summed E-state index contributed by atoms with van der Waals surface area (Å²) in [5.41, 5.74) is 0.972. The van der Waals surface area contributed by atoms with Crippen molar-refractivity contribution >= 4 is 5.96 Å². The van der Waals surface area contributed by atoms with Gasteiger partial charge in [-0.1, -0.05) is 12.1 Å². The van der Waals surface area contributed by atoms with Crippen molar-refractivity contribution in [2.75, 3.05) is 19.6 Å². The van der Waals surface area contributed by atoms with E-state index < -0.39 is 0 Å². The molecular weight excluding hydrogens is 321 g/mol. The molecule has 1 aliphatic rings. The molecule has 1 aliphatic heterocycles. The van der Waals surface area contributed by atoms with Gasteiger partial charge in [0.2, 0.25) is 0 Å². The molecule has 3 rings (SSSR count). The summed E-state index contributed by atoms with van der Waals surface area (Å²) >= 11 is 0. The van der Waals surface area contributed by atoms with E-state index in [2.05, 4.69) is 15.2 Å². The summed E-state index contributed by atoms with van der Waals surface area (Å²) in [6.45, 7) is 6.77. The fraction of sp³-hybridized carbons (Fsp3) is 0.421. The van der Waals surface area contributed by atoms with Crippen LogP contribution in [0.1, 0.15) is 31.3 Å². The summed E-state index contributed by atoms with van der Waals surface area (Å²) in [4.78, 5) is 6.87. The zero-order valence-electron chi connectivity index (χ0n) is 14.6. The summed E-state index contributed by atoms with van der Waals surface area (Å²) in [6.07, 6.45) is 1.59. The van der Waals surface area contributed by atoms with E-state index in [0.717, 1.165) is 30.4 Å². The maximum atomic E-state index is 13.2. The third-order valence-electron chi connectivity index (χ3n) is 4.10. The van der Waals surface area contributed by atoms with Crippen LogP contribution in [0.15, 0.2) is 52.1 Å². The molecule has 1 fully saturated rings. The average Bonchev–Trinajstić information content (AvgIpc) is 3.12. The molecule has 2 atom stereocenters. The third-order valence-corrected chi connectivity index (χ3v) is 4.10. The highest BCUT2D eigenvalue weighted by molar-refractivity contribution is 5.80. The van der Waals surface area contributed by atoms with Crippen LogP contribution in [0.25, 0.3) is 0 Å². The quantitative estimate of drug-likeness (QED) is 0.682. The zero-order chi connectivity index (χ0) is 17.6. The van der Waals surface area contributed by atoms with Gasteiger partial charge in [0.05, 0.1) is 18.9 Å². The van der Waals surface area contributed by atoms with Crippen LogP contribution in [-0.2, 0) is 11.3 Å². The van der Waals surface area contributed by atoms with Crippen molar-refractivity contribution in [3.63, 3.8) is 0 Å². The number of benzene rings is 1. The molecule has 2 heterocycles. The molecule has 1 N–H and O–H groups in total. The molecule has 2 unspecified atom stereocenters. The van der Waals surface area contributed by atoms with Crippen molar-refractivity contribution in [1.82, 2.24) is 10.2 Å². The number of nitrogens with zero attached hydrogens (tertiary/aromatic N) is 2. The number of ether oxygens (including phenoxy) is 1. The van der Waals surface area contributed by atoms with Gasteiger partial charge < -0.3 is 19.4 Å². The Morgan fingerprint density at radius 3 is 2.76 bits per heavy atom. The molecule has 2 aromatic rings. The third kappa shape index (κ3) is 4.60. The van der Waals surface area contributed by atoms with E-state index in [1.165, 1.54) is 12.1 Å². The maximum absolute atomic E-state index is 13.2. The minimum Gasteiger partial charge on any atom is -0.467 e. The summed E-state index contributed by atoms with van der Waals surface area (Å²) in [5, 5.41) is 3.34. The second-order valence-corrected chi connectivity index (χ2v) is 6.14. The molecule has 25 heavy (non-hydrogen) atoms. The number of guanidine groups is 1. The number of furan rings is 1. The molecule has 1 saturated heterocycles. The first-order valence-electron chi connectivity index (χ1n) is 8.62. The second kappa shape index (κ2) is 8.16. The lowest BCUT2D eigenvalue weighted by Crippen LogP contribution is -2.50. The highest BCUT2D eigenvalue weighted by Gasteiger charge is 2.28. The van der Waals surface area contributed by atoms with Crippen LogP contribution in [0.4, 0.5) is 4.39 Å². The number of nitrogens with one attached hydrogen (secondary N) is 1. The minimum absolute atomic E-state index is 0.0521. The molecule has 0 bridgehead atoms. The zero-order valence-corrected chi connectivity index (χ0v) is 14.6. The molecule has 134 valence electrons. The summed E-state index contributed by atoms with van der Waals surface area (Å²) in [5.74, 6) is 1.42. The average molecular weight is 345 g/mol. The summed E-state index contributed by atoms with van der Waals surface area (Å²) < 4.78 is 24.6. The fourth-order valence-electron chi connectivity index (χ4n) is 2.97. The van der Waals surface area contributed by atoms with Crippen molar-refractivity contribution < 1.29 is 13.5 Å². The molecule has 1 aromatic carbocycles. The van der Waals surface area contributed by atoms with E-state index in [1.807, 2.05) is 26.0 Å². The van der Waals surface area contributed by atoms with Gasteiger partial charge in [0.1, 0.15) is 24.2 Å². The fourth-order valence-corrected chi connectivity index (χ4v) is 2.97. The number of halogens is 1. The normalized spacial score (nSPS) is 21.4. The van der Waals surface area contributed by atoms with Crippen molar-refractivity contribution in [2.24, 2.45) is 4.99 Å². The SMILES string of the molecule is CCNC(=NCc1ccco1)N1CC(C)OC(c2ccc(F)cc2)C1. The van der Waals surface area contributed by atoms with Gasteiger partial charge in [0.25, 0.3) is 0 Å². The lowest BCUT2D eigenvalue weighted by molar-refractivity contribution is -0.0605. The van der Waals surface area contributed by atoms with Crippen molar-refractivity contribution in [1.29, 1.82) is 0 Å². The van der Waals surface area contributed by atoms with Gasteiger partial charge in [-0.15, -0.1) is 0 Å². The Labute approximate surface area is 147 Å². The predicted octanol–water partition coefficient (Wildman–Crippen LogP) is 3.35. The van der Waals surface area contributed by atoms with Crippen molar-refractivity contribution in [3.8, 4) is 0 Å². The molecule has 6 heteroatoms. The van der Waals surface area contributed by atoms with E-state index in [4.69, 9.17) is 9.15 Å². The van der Waals surface area contributed by atoms with Crippen molar-refractivity contribution in [2.45, 2.75) is 32.6 Å². The molecule has 0 radical (unpaired) electrons. The van der Waals surface area contributed by atoms with Crippen LogP contribution in [-0.4, -0.2) is 36.6 Å². The summed E-state index contributed by atoms with van der Waals surface area (Å²) in [6, 6.07) is 10.3. The van der Waals surface area contributed by atoms with E-state index in [0.29, 0.717) is 13.1 Å². The first kappa shape index (κ1) is 17.5. The van der Waals surface area contributed by atoms with Crippen molar-refractivity contribution in [3.05, 3.63) is 59.8 Å². The largest absolute Gasteiger partial charge is 0.467 e. The van der Waals surface area contributed by atoms with E-state index >= 15 is 0 Å². The van der Waals surface area contributed by atoms with Crippen LogP contribution < -0.4 is 5.32 Å². The van der Waals surface area contributed by atoms with Crippen LogP contribution in [0.2, 0.25) is 0 Å². The lowest BCUT2D eigenvalue weighted by atomic mass is 10.1. The van der Waals surface area contributed by atoms with Gasteiger partial charge in [-0.3, -0.25) is 0 Å². The first-order chi connectivity index (χ1) is 12.2. The standard InChI is InChI=1S/C19H24FN3O2/c1-3-21-19(22-11-17-5-4-10-24-17)23-12-14(2)25-18(13-23)15-6-8-16(20)9-7-15/h4-10,14,18H,3,11-13H2,1-2H3,(H,21,22). The molecular formula is C19H24FN3O2. The molecule has 0 spiro atoms. The van der Waals surface area contributed by atoms with Gasteiger partial charge in [-0.05, 0) is 43.7 Å². The minimum atomic E-state index is -0.238. The van der Waals surface area contributed by atoms with Crippen LogP contribution in [0.5, 0.6) is 0 Å². The summed E-state index contributed by atoms with van der Waals surface area (Å²) in [7, 11) is 0. The monoisotopic (exact) mass is 345 g/mol. The Kier molecular flexibility index (Phi) is 5.71. The Morgan fingerprint density at radius 2 is 2.08 bits per heavy atom. The maximum Gasteiger partial charge on any atom is 0.194 e. The van der Waals surface area contributed by atoms with Gasteiger partial charge in [-0.25, -0.2) is 9.38 Å². The smallest absolute Gasteiger partial charge is 0.194 e. The Bertz CT molecular complexity index is 685. The lowest BCUT2D eigenvalue weighted by Gasteiger charge is -2.38. The molecule has 0 aliphatic carbocycles. The van der Waals surface area contributed by atoms with E-state index in [1.54, 1.807) is 18.4 Å². The Hall–Kier alpha value is -2.34. The molecule has 1 aromatic heterocycles. The second-order valence-electron chi connectivity index (χ2n) is 6.14. The van der Waals surface area contributed by atoms with Crippen LogP contribution in [0.3, 0.4) is 0 Å². The van der Waals surface area contributed by atoms with Gasteiger partial charge >= 0.3 is 0 Å². The van der Waals surface area contributed by atoms with Gasteiger partial charge in [-0.2, -0.15) is 0 Å². The van der Waals surface area contributed by atoms with E-state index in [-0.39, 0.29) is 18.0 Å². The highest BCUT2D eigenvalue weighted by Crippen LogP contribution is 2.25. The number of aliphatic imine (C=N–C) groups is 1. The molecule has 0 saturated carbocycles. The number of rotatable bonds is 4. The highest BCUT2D eigenvalue weighted by atomic mass is 19.1. The number of hydrogen-bond acceptors (Lipinski definition) is 3. The van der Waals surface area contributed by atoms with E-state index in [9.17, 15) is 4.39 Å². The van der Waals surface area contributed by atoms with Crippen LogP contribution >= 0.6 is 0 Å². The van der Waals surface area contributed by atoms with Gasteiger partial charge in [0, 0.05) is 13.1 Å². The number of morpholine rings is 1. The Morgan fingerprint density at radius 1 is 1.28 bits per heavy atom. The van der Waals surface area contributed by atoms with Gasteiger partial charge in [0.15, 0.2) is 5.96 Å². The first-order valence-corrected chi connectivity index (χ1v) is 8.62. The molecule has 0 amide bonds. The topological polar surface area (TPSA) is 50.0 Å². The molecule has 5 nitrogen and oxygen atoms in total.